The Hall–Kier alpha value is -4.20. The number of rotatable bonds is 7. The standard InChI is InChI=1S/C23H21F4N7/c1-3-10-30-15-5-7-16(8-6-15)31-22-17(12-28)13(2)20(21(29)32-22)34-33-19-9-4-14(24)11-18(19)23(25,26)27/h4-9,11,30H,3,10H2,1-2H3,(H3,29,31,32). The molecular formula is C23H21F4N7. The van der Waals surface area contributed by atoms with E-state index in [1.807, 2.05) is 18.2 Å². The molecule has 0 aliphatic rings. The number of nitrogen functional groups attached to an aromatic ring is 1. The van der Waals surface area contributed by atoms with Gasteiger partial charge < -0.3 is 16.4 Å². The van der Waals surface area contributed by atoms with Crippen LogP contribution < -0.4 is 16.4 Å². The molecule has 0 bridgehead atoms. The Morgan fingerprint density at radius 1 is 1.09 bits per heavy atom. The first-order valence-electron chi connectivity index (χ1n) is 10.2. The molecule has 3 aromatic rings. The highest BCUT2D eigenvalue weighted by Gasteiger charge is 2.34. The number of nitrogens with zero attached hydrogens (tertiary/aromatic N) is 4. The average Bonchev–Trinajstić information content (AvgIpc) is 2.78. The van der Waals surface area contributed by atoms with E-state index in [2.05, 4.69) is 32.8 Å². The quantitative estimate of drug-likeness (QED) is 0.254. The van der Waals surface area contributed by atoms with Gasteiger partial charge in [0.15, 0.2) is 11.6 Å². The number of halogens is 4. The van der Waals surface area contributed by atoms with E-state index in [9.17, 15) is 22.8 Å². The van der Waals surface area contributed by atoms with Gasteiger partial charge in [0.05, 0.1) is 16.8 Å². The molecule has 1 aromatic heterocycles. The van der Waals surface area contributed by atoms with Crippen molar-refractivity contribution in [2.75, 3.05) is 22.9 Å². The predicted octanol–water partition coefficient (Wildman–Crippen LogP) is 6.98. The van der Waals surface area contributed by atoms with Crippen LogP contribution in [0.3, 0.4) is 0 Å². The molecule has 0 amide bonds. The van der Waals surface area contributed by atoms with E-state index >= 15 is 0 Å². The summed E-state index contributed by atoms with van der Waals surface area (Å²) in [5.74, 6) is -1.02. The summed E-state index contributed by atoms with van der Waals surface area (Å²) in [6.07, 6.45) is -3.85. The SMILES string of the molecule is CCCNc1ccc(Nc2nc(N)c(N=Nc3ccc(F)cc3C(F)(F)F)c(C)c2C#N)cc1. The van der Waals surface area contributed by atoms with Gasteiger partial charge in [0.2, 0.25) is 0 Å². The van der Waals surface area contributed by atoms with Gasteiger partial charge in [0.25, 0.3) is 0 Å². The van der Waals surface area contributed by atoms with Crippen molar-refractivity contribution in [2.24, 2.45) is 10.2 Å². The average molecular weight is 471 g/mol. The number of benzene rings is 2. The van der Waals surface area contributed by atoms with Crippen molar-refractivity contribution < 1.29 is 17.6 Å². The number of hydrogen-bond donors (Lipinski definition) is 3. The maximum absolute atomic E-state index is 13.3. The van der Waals surface area contributed by atoms with Crippen LogP contribution in [-0.2, 0) is 6.18 Å². The van der Waals surface area contributed by atoms with Crippen molar-refractivity contribution >= 4 is 34.4 Å². The van der Waals surface area contributed by atoms with Crippen molar-refractivity contribution in [3.63, 3.8) is 0 Å². The zero-order valence-electron chi connectivity index (χ0n) is 18.3. The Balaban J connectivity index is 1.93. The Bertz CT molecular complexity index is 1250. The monoisotopic (exact) mass is 471 g/mol. The summed E-state index contributed by atoms with van der Waals surface area (Å²) in [5, 5.41) is 23.3. The maximum atomic E-state index is 13.3. The normalized spacial score (nSPS) is 11.4. The van der Waals surface area contributed by atoms with Crippen LogP contribution >= 0.6 is 0 Å². The third kappa shape index (κ3) is 5.58. The van der Waals surface area contributed by atoms with Gasteiger partial charge >= 0.3 is 6.18 Å². The number of nitrogens with one attached hydrogen (secondary N) is 2. The lowest BCUT2D eigenvalue weighted by atomic mass is 10.1. The van der Waals surface area contributed by atoms with Crippen molar-refractivity contribution in [2.45, 2.75) is 26.4 Å². The van der Waals surface area contributed by atoms with Crippen LogP contribution in [0.5, 0.6) is 0 Å². The fourth-order valence-electron chi connectivity index (χ4n) is 3.07. The molecule has 176 valence electrons. The summed E-state index contributed by atoms with van der Waals surface area (Å²) in [6, 6.07) is 11.4. The van der Waals surface area contributed by atoms with Gasteiger partial charge in [0.1, 0.15) is 17.6 Å². The summed E-state index contributed by atoms with van der Waals surface area (Å²) in [5.41, 5.74) is 6.02. The van der Waals surface area contributed by atoms with E-state index in [-0.39, 0.29) is 28.5 Å². The third-order valence-electron chi connectivity index (χ3n) is 4.80. The molecular weight excluding hydrogens is 450 g/mol. The summed E-state index contributed by atoms with van der Waals surface area (Å²) in [6.45, 7) is 4.42. The van der Waals surface area contributed by atoms with Crippen LogP contribution in [0.2, 0.25) is 0 Å². The molecule has 4 N–H and O–H groups in total. The molecule has 2 aromatic carbocycles. The number of nitrogens with two attached hydrogens (primary N) is 1. The Morgan fingerprint density at radius 3 is 2.38 bits per heavy atom. The summed E-state index contributed by atoms with van der Waals surface area (Å²) < 4.78 is 53.0. The van der Waals surface area contributed by atoms with E-state index in [1.54, 1.807) is 12.1 Å². The van der Waals surface area contributed by atoms with Gasteiger partial charge in [-0.05, 0) is 55.8 Å². The summed E-state index contributed by atoms with van der Waals surface area (Å²) in [4.78, 5) is 4.16. The van der Waals surface area contributed by atoms with E-state index in [0.717, 1.165) is 30.8 Å². The van der Waals surface area contributed by atoms with Crippen LogP contribution in [0.25, 0.3) is 0 Å². The summed E-state index contributed by atoms with van der Waals surface area (Å²) in [7, 11) is 0. The number of nitriles is 1. The smallest absolute Gasteiger partial charge is 0.385 e. The van der Waals surface area contributed by atoms with Gasteiger partial charge in [-0.3, -0.25) is 0 Å². The Kier molecular flexibility index (Phi) is 7.31. The predicted molar refractivity (Wildman–Crippen MR) is 122 cm³/mol. The minimum atomic E-state index is -4.83. The van der Waals surface area contributed by atoms with Crippen LogP contribution in [0.1, 0.15) is 30.0 Å². The molecule has 0 spiro atoms. The first-order valence-corrected chi connectivity index (χ1v) is 10.2. The molecule has 0 aliphatic heterocycles. The number of anilines is 4. The van der Waals surface area contributed by atoms with Gasteiger partial charge in [-0.2, -0.15) is 18.4 Å². The van der Waals surface area contributed by atoms with Crippen molar-refractivity contribution in [1.82, 2.24) is 4.98 Å². The van der Waals surface area contributed by atoms with Crippen LogP contribution in [0, 0.1) is 24.1 Å². The molecule has 0 saturated heterocycles. The van der Waals surface area contributed by atoms with Crippen LogP contribution in [0.4, 0.5) is 51.9 Å². The van der Waals surface area contributed by atoms with Gasteiger partial charge in [-0.1, -0.05) is 6.92 Å². The lowest BCUT2D eigenvalue weighted by Crippen LogP contribution is -2.05. The first kappa shape index (κ1) is 24.4. The number of aromatic nitrogens is 1. The largest absolute Gasteiger partial charge is 0.418 e. The lowest BCUT2D eigenvalue weighted by molar-refractivity contribution is -0.137. The number of alkyl halides is 3. The highest BCUT2D eigenvalue weighted by molar-refractivity contribution is 5.75. The number of hydrogen-bond acceptors (Lipinski definition) is 7. The van der Waals surface area contributed by atoms with E-state index in [4.69, 9.17) is 5.73 Å². The van der Waals surface area contributed by atoms with Gasteiger partial charge in [0, 0.05) is 23.5 Å². The maximum Gasteiger partial charge on any atom is 0.418 e. The second kappa shape index (κ2) is 10.2. The van der Waals surface area contributed by atoms with E-state index in [1.165, 1.54) is 6.92 Å². The molecule has 34 heavy (non-hydrogen) atoms. The van der Waals surface area contributed by atoms with E-state index < -0.39 is 23.2 Å². The highest BCUT2D eigenvalue weighted by atomic mass is 19.4. The van der Waals surface area contributed by atoms with Crippen LogP contribution in [-0.4, -0.2) is 11.5 Å². The van der Waals surface area contributed by atoms with Gasteiger partial charge in [-0.15, -0.1) is 10.2 Å². The molecule has 1 heterocycles. The molecule has 0 fully saturated rings. The molecule has 0 saturated carbocycles. The van der Waals surface area contributed by atoms with Crippen molar-refractivity contribution in [3.8, 4) is 6.07 Å². The highest BCUT2D eigenvalue weighted by Crippen LogP contribution is 2.39. The van der Waals surface area contributed by atoms with E-state index in [0.29, 0.717) is 11.8 Å². The molecule has 0 aliphatic carbocycles. The molecule has 7 nitrogen and oxygen atoms in total. The molecule has 0 radical (unpaired) electrons. The minimum absolute atomic E-state index is 0.0568. The second-order valence-electron chi connectivity index (χ2n) is 7.29. The topological polar surface area (TPSA) is 111 Å². The van der Waals surface area contributed by atoms with Gasteiger partial charge in [-0.25, -0.2) is 9.37 Å². The number of azo groups is 1. The number of pyridine rings is 1. The molecule has 0 unspecified atom stereocenters. The fraction of sp³-hybridized carbons (Fsp3) is 0.217. The fourth-order valence-corrected chi connectivity index (χ4v) is 3.07. The molecule has 11 heteroatoms. The zero-order chi connectivity index (χ0) is 24.9. The van der Waals surface area contributed by atoms with Crippen molar-refractivity contribution in [1.29, 1.82) is 5.26 Å². The lowest BCUT2D eigenvalue weighted by Gasteiger charge is -2.13. The van der Waals surface area contributed by atoms with Crippen LogP contribution in [0.15, 0.2) is 52.7 Å². The summed E-state index contributed by atoms with van der Waals surface area (Å²) >= 11 is 0. The third-order valence-corrected chi connectivity index (χ3v) is 4.80. The molecule has 3 rings (SSSR count). The Labute approximate surface area is 193 Å². The minimum Gasteiger partial charge on any atom is -0.385 e. The second-order valence-corrected chi connectivity index (χ2v) is 7.29. The zero-order valence-corrected chi connectivity index (χ0v) is 18.3. The first-order chi connectivity index (χ1) is 16.1. The Morgan fingerprint density at radius 2 is 1.76 bits per heavy atom. The van der Waals surface area contributed by atoms with Crippen molar-refractivity contribution in [3.05, 3.63) is 65.0 Å². The molecule has 0 atom stereocenters.